The average molecular weight is 293 g/mol. The summed E-state index contributed by atoms with van der Waals surface area (Å²) in [5.41, 5.74) is 6.48. The topological polar surface area (TPSA) is 96.9 Å². The van der Waals surface area contributed by atoms with Crippen LogP contribution in [0.5, 0.6) is 5.75 Å². The van der Waals surface area contributed by atoms with Gasteiger partial charge < -0.3 is 21.0 Å². The first-order valence-electron chi connectivity index (χ1n) is 7.08. The molecule has 0 saturated heterocycles. The van der Waals surface area contributed by atoms with Gasteiger partial charge in [0.15, 0.2) is 5.84 Å². The van der Waals surface area contributed by atoms with Crippen LogP contribution in [0.3, 0.4) is 0 Å². The SMILES string of the molecule is CCCCCCC(=O)Nc1c(OC)cccc1/C(N)=N/O. The van der Waals surface area contributed by atoms with E-state index in [1.165, 1.54) is 7.11 Å². The summed E-state index contributed by atoms with van der Waals surface area (Å²) in [5, 5.41) is 14.6. The van der Waals surface area contributed by atoms with Crippen molar-refractivity contribution in [3.63, 3.8) is 0 Å². The third-order valence-electron chi connectivity index (χ3n) is 3.15. The fourth-order valence-electron chi connectivity index (χ4n) is 2.01. The summed E-state index contributed by atoms with van der Waals surface area (Å²) in [4.78, 5) is 12.0. The molecule has 0 saturated carbocycles. The highest BCUT2D eigenvalue weighted by molar-refractivity contribution is 6.06. The quantitative estimate of drug-likeness (QED) is 0.226. The maximum Gasteiger partial charge on any atom is 0.224 e. The molecule has 0 aliphatic heterocycles. The van der Waals surface area contributed by atoms with Crippen LogP contribution in [-0.4, -0.2) is 24.1 Å². The van der Waals surface area contributed by atoms with Gasteiger partial charge in [0.05, 0.1) is 12.8 Å². The van der Waals surface area contributed by atoms with Crippen LogP contribution in [0.25, 0.3) is 0 Å². The number of para-hydroxylation sites is 1. The summed E-state index contributed by atoms with van der Waals surface area (Å²) in [6.07, 6.45) is 4.56. The number of nitrogens with two attached hydrogens (primary N) is 1. The zero-order valence-electron chi connectivity index (χ0n) is 12.6. The summed E-state index contributed by atoms with van der Waals surface area (Å²) >= 11 is 0. The Bertz CT molecular complexity index is 501. The Morgan fingerprint density at radius 2 is 2.14 bits per heavy atom. The van der Waals surface area contributed by atoms with Gasteiger partial charge in [0.1, 0.15) is 5.75 Å². The summed E-state index contributed by atoms with van der Waals surface area (Å²) in [6, 6.07) is 5.08. The van der Waals surface area contributed by atoms with Crippen molar-refractivity contribution in [3.05, 3.63) is 23.8 Å². The second kappa shape index (κ2) is 8.84. The Morgan fingerprint density at radius 1 is 1.38 bits per heavy atom. The number of nitrogens with zero attached hydrogens (tertiary/aromatic N) is 1. The Kier molecular flexibility index (Phi) is 7.08. The molecule has 1 aromatic carbocycles. The van der Waals surface area contributed by atoms with Gasteiger partial charge >= 0.3 is 0 Å². The number of nitrogens with one attached hydrogen (secondary N) is 1. The second-order valence-corrected chi connectivity index (χ2v) is 4.73. The van der Waals surface area contributed by atoms with E-state index in [0.29, 0.717) is 23.4 Å². The number of amides is 1. The number of unbranched alkanes of at least 4 members (excludes halogenated alkanes) is 3. The summed E-state index contributed by atoms with van der Waals surface area (Å²) < 4.78 is 5.22. The minimum Gasteiger partial charge on any atom is -0.495 e. The smallest absolute Gasteiger partial charge is 0.224 e. The molecule has 0 atom stereocenters. The molecular formula is C15H23N3O3. The van der Waals surface area contributed by atoms with E-state index in [1.807, 2.05) is 0 Å². The fourth-order valence-corrected chi connectivity index (χ4v) is 2.01. The van der Waals surface area contributed by atoms with Crippen LogP contribution in [0.2, 0.25) is 0 Å². The van der Waals surface area contributed by atoms with Crippen LogP contribution >= 0.6 is 0 Å². The van der Waals surface area contributed by atoms with Crippen LogP contribution in [0.15, 0.2) is 23.4 Å². The standard InChI is InChI=1S/C15H23N3O3/c1-3-4-5-6-10-13(19)17-14-11(15(16)18-20)8-7-9-12(14)21-2/h7-9,20H,3-6,10H2,1-2H3,(H2,16,18)(H,17,19). The monoisotopic (exact) mass is 293 g/mol. The lowest BCUT2D eigenvalue weighted by Gasteiger charge is -2.14. The molecule has 6 heteroatoms. The van der Waals surface area contributed by atoms with Gasteiger partial charge in [-0.2, -0.15) is 0 Å². The lowest BCUT2D eigenvalue weighted by molar-refractivity contribution is -0.116. The summed E-state index contributed by atoms with van der Waals surface area (Å²) in [6.45, 7) is 2.12. The number of amidine groups is 1. The molecule has 0 radical (unpaired) electrons. The molecule has 0 aliphatic rings. The van der Waals surface area contributed by atoms with Crippen molar-refractivity contribution in [3.8, 4) is 5.75 Å². The van der Waals surface area contributed by atoms with Gasteiger partial charge in [0.2, 0.25) is 5.91 Å². The van der Waals surface area contributed by atoms with E-state index in [1.54, 1.807) is 18.2 Å². The molecular weight excluding hydrogens is 270 g/mol. The molecule has 116 valence electrons. The molecule has 1 rings (SSSR count). The molecule has 6 nitrogen and oxygen atoms in total. The number of benzene rings is 1. The van der Waals surface area contributed by atoms with E-state index in [0.717, 1.165) is 25.7 Å². The maximum atomic E-state index is 12.0. The molecule has 0 unspecified atom stereocenters. The lowest BCUT2D eigenvalue weighted by atomic mass is 10.1. The van der Waals surface area contributed by atoms with Crippen LogP contribution in [0.1, 0.15) is 44.6 Å². The first-order chi connectivity index (χ1) is 10.1. The van der Waals surface area contributed by atoms with E-state index >= 15 is 0 Å². The number of methoxy groups -OCH3 is 1. The molecule has 1 amide bonds. The number of anilines is 1. The van der Waals surface area contributed by atoms with E-state index < -0.39 is 0 Å². The van der Waals surface area contributed by atoms with Gasteiger partial charge in [-0.25, -0.2) is 0 Å². The van der Waals surface area contributed by atoms with E-state index in [-0.39, 0.29) is 11.7 Å². The molecule has 0 aromatic heterocycles. The zero-order chi connectivity index (χ0) is 15.7. The minimum absolute atomic E-state index is 0.0739. The van der Waals surface area contributed by atoms with Crippen LogP contribution in [-0.2, 0) is 4.79 Å². The van der Waals surface area contributed by atoms with Gasteiger partial charge in [0, 0.05) is 12.0 Å². The highest BCUT2D eigenvalue weighted by Crippen LogP contribution is 2.28. The Hall–Kier alpha value is -2.24. The van der Waals surface area contributed by atoms with Crippen molar-refractivity contribution in [2.24, 2.45) is 10.9 Å². The normalized spacial score (nSPS) is 11.2. The average Bonchev–Trinajstić information content (AvgIpc) is 2.51. The van der Waals surface area contributed by atoms with Crippen LogP contribution in [0.4, 0.5) is 5.69 Å². The van der Waals surface area contributed by atoms with Crippen LogP contribution in [0, 0.1) is 0 Å². The van der Waals surface area contributed by atoms with Gasteiger partial charge in [-0.3, -0.25) is 4.79 Å². The molecule has 0 bridgehead atoms. The largest absolute Gasteiger partial charge is 0.495 e. The molecule has 1 aromatic rings. The third kappa shape index (κ3) is 4.98. The predicted molar refractivity (Wildman–Crippen MR) is 82.9 cm³/mol. The first-order valence-corrected chi connectivity index (χ1v) is 7.08. The number of rotatable bonds is 8. The molecule has 0 aliphatic carbocycles. The van der Waals surface area contributed by atoms with Crippen molar-refractivity contribution in [1.29, 1.82) is 0 Å². The highest BCUT2D eigenvalue weighted by Gasteiger charge is 2.15. The Labute approximate surface area is 125 Å². The highest BCUT2D eigenvalue weighted by atomic mass is 16.5. The molecule has 0 fully saturated rings. The molecule has 0 heterocycles. The number of carbonyl (C=O) groups excluding carboxylic acids is 1. The fraction of sp³-hybridized carbons (Fsp3) is 0.467. The van der Waals surface area contributed by atoms with Gasteiger partial charge in [-0.15, -0.1) is 0 Å². The lowest BCUT2D eigenvalue weighted by Crippen LogP contribution is -2.19. The molecule has 0 spiro atoms. The summed E-state index contributed by atoms with van der Waals surface area (Å²) in [5.74, 6) is 0.291. The Morgan fingerprint density at radius 3 is 2.76 bits per heavy atom. The van der Waals surface area contributed by atoms with Crippen molar-refractivity contribution in [1.82, 2.24) is 0 Å². The van der Waals surface area contributed by atoms with E-state index in [2.05, 4.69) is 17.4 Å². The van der Waals surface area contributed by atoms with E-state index in [9.17, 15) is 4.79 Å². The number of ether oxygens (including phenoxy) is 1. The first kappa shape index (κ1) is 16.8. The van der Waals surface area contributed by atoms with Gasteiger partial charge in [-0.05, 0) is 18.6 Å². The predicted octanol–water partition coefficient (Wildman–Crippen LogP) is 2.70. The minimum atomic E-state index is -0.109. The molecule has 21 heavy (non-hydrogen) atoms. The van der Waals surface area contributed by atoms with Crippen molar-refractivity contribution < 1.29 is 14.7 Å². The van der Waals surface area contributed by atoms with E-state index in [4.69, 9.17) is 15.7 Å². The summed E-state index contributed by atoms with van der Waals surface area (Å²) in [7, 11) is 1.50. The van der Waals surface area contributed by atoms with Crippen molar-refractivity contribution in [2.45, 2.75) is 39.0 Å². The Balaban J connectivity index is 2.83. The van der Waals surface area contributed by atoms with Crippen molar-refractivity contribution >= 4 is 17.4 Å². The second-order valence-electron chi connectivity index (χ2n) is 4.73. The third-order valence-corrected chi connectivity index (χ3v) is 3.15. The van der Waals surface area contributed by atoms with Gasteiger partial charge in [0.25, 0.3) is 0 Å². The number of hydrogen-bond acceptors (Lipinski definition) is 4. The zero-order valence-corrected chi connectivity index (χ0v) is 12.6. The molecule has 4 N–H and O–H groups in total. The number of hydrogen-bond donors (Lipinski definition) is 3. The van der Waals surface area contributed by atoms with Crippen molar-refractivity contribution in [2.75, 3.05) is 12.4 Å². The van der Waals surface area contributed by atoms with Crippen LogP contribution < -0.4 is 15.8 Å². The number of oxime groups is 1. The van der Waals surface area contributed by atoms with Gasteiger partial charge in [-0.1, -0.05) is 37.4 Å². The number of carbonyl (C=O) groups is 1. The maximum absolute atomic E-state index is 12.0.